The lowest BCUT2D eigenvalue weighted by molar-refractivity contribution is 0.375. The number of aromatic nitrogens is 1. The highest BCUT2D eigenvalue weighted by atomic mass is 32.1. The fourth-order valence-corrected chi connectivity index (χ4v) is 4.13. The van der Waals surface area contributed by atoms with Gasteiger partial charge in [-0.3, -0.25) is 0 Å². The van der Waals surface area contributed by atoms with Crippen molar-refractivity contribution in [2.24, 2.45) is 5.73 Å². The second-order valence-corrected chi connectivity index (χ2v) is 6.74. The topological polar surface area (TPSA) is 42.2 Å². The van der Waals surface area contributed by atoms with E-state index in [0.29, 0.717) is 12.1 Å². The average molecular weight is 289 g/mol. The van der Waals surface area contributed by atoms with Crippen LogP contribution in [0.4, 0.5) is 5.13 Å². The van der Waals surface area contributed by atoms with E-state index in [4.69, 9.17) is 10.7 Å². The number of hydrogen-bond donors (Lipinski definition) is 1. The molecule has 0 unspecified atom stereocenters. The van der Waals surface area contributed by atoms with Crippen molar-refractivity contribution in [1.29, 1.82) is 0 Å². The summed E-state index contributed by atoms with van der Waals surface area (Å²) in [5.74, 6) is 0. The molecule has 4 heteroatoms. The smallest absolute Gasteiger partial charge is 0.186 e. The largest absolute Gasteiger partial charge is 0.345 e. The molecule has 1 aromatic heterocycles. The predicted molar refractivity (Wildman–Crippen MR) is 87.5 cm³/mol. The summed E-state index contributed by atoms with van der Waals surface area (Å²) in [7, 11) is 0. The van der Waals surface area contributed by atoms with E-state index in [0.717, 1.165) is 24.9 Å². The van der Waals surface area contributed by atoms with Gasteiger partial charge in [-0.05, 0) is 44.2 Å². The number of benzene rings is 1. The van der Waals surface area contributed by atoms with Crippen LogP contribution in [0.25, 0.3) is 10.2 Å². The first kappa shape index (κ1) is 13.8. The molecule has 0 amide bonds. The summed E-state index contributed by atoms with van der Waals surface area (Å²) < 4.78 is 1.29. The molecule has 1 heterocycles. The van der Waals surface area contributed by atoms with Gasteiger partial charge >= 0.3 is 0 Å². The highest BCUT2D eigenvalue weighted by Gasteiger charge is 2.25. The van der Waals surface area contributed by atoms with Crippen molar-refractivity contribution in [2.45, 2.75) is 51.1 Å². The Bertz CT molecular complexity index is 525. The second-order valence-electron chi connectivity index (χ2n) is 5.73. The van der Waals surface area contributed by atoms with Crippen LogP contribution < -0.4 is 10.6 Å². The van der Waals surface area contributed by atoms with E-state index in [1.54, 1.807) is 0 Å². The van der Waals surface area contributed by atoms with Crippen LogP contribution >= 0.6 is 11.3 Å². The second kappa shape index (κ2) is 6.10. The number of hydrogen-bond acceptors (Lipinski definition) is 4. The first-order valence-electron chi connectivity index (χ1n) is 7.65. The summed E-state index contributed by atoms with van der Waals surface area (Å²) in [6.45, 7) is 3.34. The molecule has 3 rings (SSSR count). The van der Waals surface area contributed by atoms with Crippen molar-refractivity contribution in [3.63, 3.8) is 0 Å². The van der Waals surface area contributed by atoms with Crippen LogP contribution in [0.5, 0.6) is 0 Å². The van der Waals surface area contributed by atoms with Crippen LogP contribution in [0.3, 0.4) is 0 Å². The third-order valence-corrected chi connectivity index (χ3v) is 5.25. The molecule has 1 aliphatic carbocycles. The quantitative estimate of drug-likeness (QED) is 0.931. The number of nitrogens with two attached hydrogens (primary N) is 1. The molecule has 20 heavy (non-hydrogen) atoms. The van der Waals surface area contributed by atoms with Gasteiger partial charge in [0.25, 0.3) is 0 Å². The standard InChI is InChI=1S/C16H23N3S/c1-2-11-19(13-9-7-12(17)8-10-13)16-18-14-5-3-4-6-15(14)20-16/h3-6,12-13H,2,7-11,17H2,1H3. The van der Waals surface area contributed by atoms with E-state index in [9.17, 15) is 0 Å². The Morgan fingerprint density at radius 3 is 2.70 bits per heavy atom. The van der Waals surface area contributed by atoms with E-state index in [1.165, 1.54) is 29.1 Å². The van der Waals surface area contributed by atoms with Gasteiger partial charge in [-0.15, -0.1) is 0 Å². The summed E-state index contributed by atoms with van der Waals surface area (Å²) >= 11 is 1.82. The molecule has 1 fully saturated rings. The molecule has 1 saturated carbocycles. The molecule has 3 nitrogen and oxygen atoms in total. The van der Waals surface area contributed by atoms with Gasteiger partial charge < -0.3 is 10.6 Å². The van der Waals surface area contributed by atoms with Gasteiger partial charge in [0.1, 0.15) is 0 Å². The first-order chi connectivity index (χ1) is 9.78. The maximum atomic E-state index is 6.04. The molecule has 2 N–H and O–H groups in total. The van der Waals surface area contributed by atoms with Crippen molar-refractivity contribution in [3.8, 4) is 0 Å². The number of rotatable bonds is 4. The van der Waals surface area contributed by atoms with E-state index in [2.05, 4.69) is 36.1 Å². The monoisotopic (exact) mass is 289 g/mol. The van der Waals surface area contributed by atoms with Crippen molar-refractivity contribution in [1.82, 2.24) is 4.98 Å². The first-order valence-corrected chi connectivity index (χ1v) is 8.47. The molecule has 0 spiro atoms. The summed E-state index contributed by atoms with van der Waals surface area (Å²) in [4.78, 5) is 7.36. The van der Waals surface area contributed by atoms with Gasteiger partial charge in [-0.25, -0.2) is 4.98 Å². The summed E-state index contributed by atoms with van der Waals surface area (Å²) in [5, 5.41) is 1.19. The Hall–Kier alpha value is -1.13. The van der Waals surface area contributed by atoms with E-state index < -0.39 is 0 Å². The van der Waals surface area contributed by atoms with Gasteiger partial charge in [0.2, 0.25) is 0 Å². The Balaban J connectivity index is 1.85. The average Bonchev–Trinajstić information content (AvgIpc) is 2.89. The van der Waals surface area contributed by atoms with Crippen LogP contribution in [-0.4, -0.2) is 23.6 Å². The van der Waals surface area contributed by atoms with Crippen LogP contribution in [0.1, 0.15) is 39.0 Å². The zero-order valence-corrected chi connectivity index (χ0v) is 12.9. The molecule has 0 saturated heterocycles. The highest BCUT2D eigenvalue weighted by Crippen LogP contribution is 2.33. The number of anilines is 1. The molecule has 0 aliphatic heterocycles. The van der Waals surface area contributed by atoms with Crippen molar-refractivity contribution < 1.29 is 0 Å². The van der Waals surface area contributed by atoms with Crippen molar-refractivity contribution in [2.75, 3.05) is 11.4 Å². The van der Waals surface area contributed by atoms with Gasteiger partial charge in [0.05, 0.1) is 10.2 Å². The van der Waals surface area contributed by atoms with Crippen LogP contribution in [-0.2, 0) is 0 Å². The molecule has 0 radical (unpaired) electrons. The number of para-hydroxylation sites is 1. The lowest BCUT2D eigenvalue weighted by atomic mass is 9.91. The highest BCUT2D eigenvalue weighted by molar-refractivity contribution is 7.22. The summed E-state index contributed by atoms with van der Waals surface area (Å²) in [6.07, 6.45) is 5.87. The summed E-state index contributed by atoms with van der Waals surface area (Å²) in [5.41, 5.74) is 7.17. The fraction of sp³-hybridized carbons (Fsp3) is 0.562. The molecule has 108 valence electrons. The minimum Gasteiger partial charge on any atom is -0.345 e. The fourth-order valence-electron chi connectivity index (χ4n) is 3.07. The number of fused-ring (bicyclic) bond motifs is 1. The normalized spacial score (nSPS) is 23.1. The Morgan fingerprint density at radius 1 is 1.25 bits per heavy atom. The Labute approximate surface area is 124 Å². The van der Waals surface area contributed by atoms with Crippen molar-refractivity contribution >= 4 is 26.7 Å². The third-order valence-electron chi connectivity index (χ3n) is 4.17. The molecule has 1 aliphatic rings. The molecular weight excluding hydrogens is 266 g/mol. The Kier molecular flexibility index (Phi) is 4.22. The van der Waals surface area contributed by atoms with Gasteiger partial charge in [0.15, 0.2) is 5.13 Å². The lowest BCUT2D eigenvalue weighted by Crippen LogP contribution is -2.41. The number of thiazole rings is 1. The SMILES string of the molecule is CCCN(c1nc2ccccc2s1)C1CCC(N)CC1. The van der Waals surface area contributed by atoms with Gasteiger partial charge in [-0.2, -0.15) is 0 Å². The molecule has 0 atom stereocenters. The maximum Gasteiger partial charge on any atom is 0.186 e. The summed E-state index contributed by atoms with van der Waals surface area (Å²) in [6, 6.07) is 9.46. The minimum absolute atomic E-state index is 0.407. The molecule has 1 aromatic carbocycles. The Morgan fingerprint density at radius 2 is 2.00 bits per heavy atom. The molecule has 0 bridgehead atoms. The van der Waals surface area contributed by atoms with E-state index >= 15 is 0 Å². The van der Waals surface area contributed by atoms with Crippen LogP contribution in [0.2, 0.25) is 0 Å². The van der Waals surface area contributed by atoms with Crippen LogP contribution in [0, 0.1) is 0 Å². The zero-order chi connectivity index (χ0) is 13.9. The minimum atomic E-state index is 0.407. The maximum absolute atomic E-state index is 6.04. The van der Waals surface area contributed by atoms with Crippen molar-refractivity contribution in [3.05, 3.63) is 24.3 Å². The van der Waals surface area contributed by atoms with E-state index in [-0.39, 0.29) is 0 Å². The van der Waals surface area contributed by atoms with Gasteiger partial charge in [0, 0.05) is 18.6 Å². The third kappa shape index (κ3) is 2.81. The predicted octanol–water partition coefficient (Wildman–Crippen LogP) is 3.78. The molecular formula is C16H23N3S. The van der Waals surface area contributed by atoms with E-state index in [1.807, 2.05) is 11.3 Å². The molecule has 2 aromatic rings. The number of nitrogens with zero attached hydrogens (tertiary/aromatic N) is 2. The zero-order valence-electron chi connectivity index (χ0n) is 12.1. The van der Waals surface area contributed by atoms with Crippen LogP contribution in [0.15, 0.2) is 24.3 Å². The lowest BCUT2D eigenvalue weighted by Gasteiger charge is -2.35. The van der Waals surface area contributed by atoms with Gasteiger partial charge in [-0.1, -0.05) is 30.4 Å².